The zero-order chi connectivity index (χ0) is 26.1. The molecule has 0 bridgehead atoms. The molecule has 0 saturated carbocycles. The number of benzene rings is 6. The van der Waals surface area contributed by atoms with Crippen molar-refractivity contribution in [3.8, 4) is 33.8 Å². The minimum atomic E-state index is -0.00805. The van der Waals surface area contributed by atoms with E-state index in [-0.39, 0.29) is 5.41 Å². The fourth-order valence-electron chi connectivity index (χ4n) is 6.48. The van der Waals surface area contributed by atoms with Crippen LogP contribution in [0.4, 0.5) is 0 Å². The second-order valence-electron chi connectivity index (χ2n) is 11.0. The summed E-state index contributed by atoms with van der Waals surface area (Å²) in [4.78, 5) is 10.4. The highest BCUT2D eigenvalue weighted by atomic mass is 14.9. The van der Waals surface area contributed by atoms with Crippen LogP contribution in [0.2, 0.25) is 0 Å². The lowest BCUT2D eigenvalue weighted by molar-refractivity contribution is 0.661. The molecular weight excluding hydrogens is 472 g/mol. The first-order chi connectivity index (χ1) is 19.1. The third kappa shape index (κ3) is 3.21. The Kier molecular flexibility index (Phi) is 4.60. The van der Waals surface area contributed by atoms with Crippen LogP contribution in [-0.2, 0) is 5.41 Å². The summed E-state index contributed by atoms with van der Waals surface area (Å²) in [5, 5.41) is 5.89. The van der Waals surface area contributed by atoms with Gasteiger partial charge in [-0.3, -0.25) is 0 Å². The summed E-state index contributed by atoms with van der Waals surface area (Å²) in [6.07, 6.45) is 0. The number of nitrogens with zero attached hydrogens (tertiary/aromatic N) is 2. The lowest BCUT2D eigenvalue weighted by Gasteiger charge is -2.21. The minimum Gasteiger partial charge on any atom is -0.227 e. The van der Waals surface area contributed by atoms with Crippen LogP contribution >= 0.6 is 0 Å². The van der Waals surface area contributed by atoms with Gasteiger partial charge in [0.1, 0.15) is 0 Å². The standard InChI is InChI=1S/C37H26N2/c1-37(2)31-15-9-8-14-29(31)33-27-19-17-26(22-25(27)18-21-32(33)37)36-38-34(24-11-4-3-5-12-24)30-20-16-23-10-6-7-13-28(23)35(30)39-36/h3-22H,1-2H3. The topological polar surface area (TPSA) is 25.8 Å². The molecule has 1 heterocycles. The van der Waals surface area contributed by atoms with E-state index in [1.807, 2.05) is 6.07 Å². The quantitative estimate of drug-likeness (QED) is 0.222. The van der Waals surface area contributed by atoms with Crippen LogP contribution < -0.4 is 0 Å². The van der Waals surface area contributed by atoms with Crippen LogP contribution in [-0.4, -0.2) is 9.97 Å². The maximum absolute atomic E-state index is 5.19. The Labute approximate surface area is 227 Å². The van der Waals surface area contributed by atoms with Crippen molar-refractivity contribution in [2.24, 2.45) is 0 Å². The molecule has 1 aliphatic rings. The van der Waals surface area contributed by atoms with Crippen LogP contribution in [0.25, 0.3) is 66.2 Å². The molecule has 0 spiro atoms. The number of rotatable bonds is 2. The van der Waals surface area contributed by atoms with Gasteiger partial charge in [-0.25, -0.2) is 9.97 Å². The zero-order valence-electron chi connectivity index (χ0n) is 21.9. The van der Waals surface area contributed by atoms with Crippen LogP contribution in [0.5, 0.6) is 0 Å². The van der Waals surface area contributed by atoms with Crippen molar-refractivity contribution in [3.63, 3.8) is 0 Å². The Balaban J connectivity index is 1.39. The molecule has 7 aromatic rings. The van der Waals surface area contributed by atoms with E-state index >= 15 is 0 Å². The lowest BCUT2D eigenvalue weighted by Crippen LogP contribution is -2.14. The van der Waals surface area contributed by atoms with E-state index < -0.39 is 0 Å². The molecule has 0 amide bonds. The highest BCUT2D eigenvalue weighted by molar-refractivity contribution is 6.10. The van der Waals surface area contributed by atoms with Gasteiger partial charge in [-0.2, -0.15) is 0 Å². The first-order valence-electron chi connectivity index (χ1n) is 13.5. The molecule has 0 N–H and O–H groups in total. The third-order valence-corrected chi connectivity index (χ3v) is 8.46. The van der Waals surface area contributed by atoms with Crippen molar-refractivity contribution in [1.82, 2.24) is 9.97 Å². The molecule has 1 aliphatic carbocycles. The van der Waals surface area contributed by atoms with Gasteiger partial charge in [0, 0.05) is 27.3 Å². The molecule has 8 rings (SSSR count). The van der Waals surface area contributed by atoms with Crippen LogP contribution in [0.15, 0.2) is 121 Å². The summed E-state index contributed by atoms with van der Waals surface area (Å²) >= 11 is 0. The Morgan fingerprint density at radius 1 is 0.513 bits per heavy atom. The first-order valence-corrected chi connectivity index (χ1v) is 13.5. The fourth-order valence-corrected chi connectivity index (χ4v) is 6.48. The maximum Gasteiger partial charge on any atom is 0.160 e. The summed E-state index contributed by atoms with van der Waals surface area (Å²) in [7, 11) is 0. The van der Waals surface area contributed by atoms with E-state index in [1.165, 1.54) is 38.4 Å². The smallest absolute Gasteiger partial charge is 0.160 e. The molecule has 6 aromatic carbocycles. The molecule has 2 heteroatoms. The molecule has 0 unspecified atom stereocenters. The van der Waals surface area contributed by atoms with Gasteiger partial charge in [0.2, 0.25) is 0 Å². The summed E-state index contributed by atoms with van der Waals surface area (Å²) in [5.41, 5.74) is 9.56. The summed E-state index contributed by atoms with van der Waals surface area (Å²) in [6.45, 7) is 4.66. The second-order valence-corrected chi connectivity index (χ2v) is 11.0. The van der Waals surface area contributed by atoms with Crippen molar-refractivity contribution in [2.75, 3.05) is 0 Å². The van der Waals surface area contributed by atoms with E-state index in [0.29, 0.717) is 0 Å². The molecule has 39 heavy (non-hydrogen) atoms. The third-order valence-electron chi connectivity index (χ3n) is 8.46. The Bertz CT molecular complexity index is 2090. The SMILES string of the molecule is CC1(C)c2ccccc2-c2c1ccc1cc(-c3nc(-c4ccccc4)c4ccc5ccccc5c4n3)ccc21. The molecule has 184 valence electrons. The zero-order valence-corrected chi connectivity index (χ0v) is 21.9. The van der Waals surface area contributed by atoms with E-state index in [9.17, 15) is 0 Å². The Morgan fingerprint density at radius 3 is 2.15 bits per heavy atom. The average Bonchev–Trinajstić information content (AvgIpc) is 3.23. The maximum atomic E-state index is 5.19. The Morgan fingerprint density at radius 2 is 1.26 bits per heavy atom. The largest absolute Gasteiger partial charge is 0.227 e. The van der Waals surface area contributed by atoms with Crippen molar-refractivity contribution >= 4 is 32.4 Å². The number of fused-ring (bicyclic) bond motifs is 8. The predicted octanol–water partition coefficient (Wildman–Crippen LogP) is 9.58. The molecular formula is C37H26N2. The van der Waals surface area contributed by atoms with E-state index in [1.54, 1.807) is 0 Å². The van der Waals surface area contributed by atoms with Gasteiger partial charge in [-0.05, 0) is 50.5 Å². The highest BCUT2D eigenvalue weighted by Gasteiger charge is 2.36. The number of aromatic nitrogens is 2. The van der Waals surface area contributed by atoms with Crippen LogP contribution in [0.1, 0.15) is 25.0 Å². The van der Waals surface area contributed by atoms with Gasteiger partial charge in [-0.1, -0.05) is 123 Å². The van der Waals surface area contributed by atoms with Gasteiger partial charge in [0.05, 0.1) is 11.2 Å². The van der Waals surface area contributed by atoms with Crippen LogP contribution in [0.3, 0.4) is 0 Å². The molecule has 0 fully saturated rings. The first kappa shape index (κ1) is 22.2. The average molecular weight is 499 g/mol. The second kappa shape index (κ2) is 8.09. The van der Waals surface area contributed by atoms with Gasteiger partial charge in [0.25, 0.3) is 0 Å². The Hall–Kier alpha value is -4.82. The van der Waals surface area contributed by atoms with Crippen molar-refractivity contribution in [1.29, 1.82) is 0 Å². The molecule has 0 aliphatic heterocycles. The van der Waals surface area contributed by atoms with Crippen molar-refractivity contribution < 1.29 is 0 Å². The number of hydrogen-bond acceptors (Lipinski definition) is 2. The van der Waals surface area contributed by atoms with E-state index in [0.717, 1.165) is 38.9 Å². The van der Waals surface area contributed by atoms with E-state index in [4.69, 9.17) is 9.97 Å². The normalized spacial score (nSPS) is 13.6. The molecule has 0 radical (unpaired) electrons. The van der Waals surface area contributed by atoms with Gasteiger partial charge in [0.15, 0.2) is 5.82 Å². The molecule has 0 saturated heterocycles. The lowest BCUT2D eigenvalue weighted by atomic mass is 9.82. The summed E-state index contributed by atoms with van der Waals surface area (Å²) < 4.78 is 0. The fraction of sp³-hybridized carbons (Fsp3) is 0.0811. The molecule has 2 nitrogen and oxygen atoms in total. The minimum absolute atomic E-state index is 0.00805. The molecule has 1 aromatic heterocycles. The van der Waals surface area contributed by atoms with E-state index in [2.05, 4.69) is 129 Å². The van der Waals surface area contributed by atoms with Crippen LogP contribution in [0, 0.1) is 0 Å². The monoisotopic (exact) mass is 498 g/mol. The molecule has 0 atom stereocenters. The number of hydrogen-bond donors (Lipinski definition) is 0. The summed E-state index contributed by atoms with van der Waals surface area (Å²) in [6, 6.07) is 43.4. The van der Waals surface area contributed by atoms with Gasteiger partial charge in [-0.15, -0.1) is 0 Å². The predicted molar refractivity (Wildman–Crippen MR) is 163 cm³/mol. The van der Waals surface area contributed by atoms with Gasteiger partial charge < -0.3 is 0 Å². The van der Waals surface area contributed by atoms with Gasteiger partial charge >= 0.3 is 0 Å². The van der Waals surface area contributed by atoms with Crippen molar-refractivity contribution in [2.45, 2.75) is 19.3 Å². The van der Waals surface area contributed by atoms with Crippen molar-refractivity contribution in [3.05, 3.63) is 132 Å². The highest BCUT2D eigenvalue weighted by Crippen LogP contribution is 2.51. The summed E-state index contributed by atoms with van der Waals surface area (Å²) in [5.74, 6) is 0.751.